The van der Waals surface area contributed by atoms with Crippen molar-refractivity contribution in [2.45, 2.75) is 126 Å². The fourth-order valence-electron chi connectivity index (χ4n) is 8.55. The number of hydrogen-bond acceptors (Lipinski definition) is 8. The van der Waals surface area contributed by atoms with Crippen molar-refractivity contribution in [1.29, 1.82) is 0 Å². The average molecular weight is 782 g/mol. The Morgan fingerprint density at radius 2 is 1.62 bits per heavy atom. The quantitative estimate of drug-likeness (QED) is 0.192. The van der Waals surface area contributed by atoms with Crippen LogP contribution in [0, 0.1) is 5.92 Å². The monoisotopic (exact) mass is 781 g/mol. The number of carbonyl (C=O) groups excluding carboxylic acids is 5. The highest BCUT2D eigenvalue weighted by molar-refractivity contribution is 6.40. The van der Waals surface area contributed by atoms with Crippen molar-refractivity contribution in [2.24, 2.45) is 5.92 Å². The van der Waals surface area contributed by atoms with Gasteiger partial charge in [0.25, 0.3) is 11.8 Å². The molecule has 0 spiro atoms. The second-order valence-electron chi connectivity index (χ2n) is 16.1. The molecule has 3 aliphatic rings. The number of halogens is 3. The zero-order valence-electron chi connectivity index (χ0n) is 31.7. The van der Waals surface area contributed by atoms with Gasteiger partial charge in [-0.15, -0.1) is 5.10 Å². The Balaban J connectivity index is 1.32. The number of aromatic nitrogens is 3. The summed E-state index contributed by atoms with van der Waals surface area (Å²) >= 11 is 0. The predicted octanol–water partition coefficient (Wildman–Crippen LogP) is 4.64. The van der Waals surface area contributed by atoms with Gasteiger partial charge in [-0.1, -0.05) is 86.9 Å². The van der Waals surface area contributed by atoms with E-state index in [2.05, 4.69) is 20.9 Å². The Bertz CT molecular complexity index is 1930. The molecule has 4 amide bonds. The minimum Gasteiger partial charge on any atom is -0.384 e. The highest BCUT2D eigenvalue weighted by Crippen LogP contribution is 2.35. The van der Waals surface area contributed by atoms with Crippen LogP contribution in [0.3, 0.4) is 0 Å². The van der Waals surface area contributed by atoms with Crippen molar-refractivity contribution in [3.05, 3.63) is 59.9 Å². The van der Waals surface area contributed by atoms with Crippen molar-refractivity contribution in [3.63, 3.8) is 0 Å². The van der Waals surface area contributed by atoms with Crippen LogP contribution in [0.15, 0.2) is 48.7 Å². The zero-order valence-corrected chi connectivity index (χ0v) is 31.7. The molecular formula is C40H50F3N7O6. The summed E-state index contributed by atoms with van der Waals surface area (Å²) in [5.41, 5.74) is -2.48. The number of aliphatic hydroxyl groups is 1. The minimum atomic E-state index is -4.75. The molecule has 0 bridgehead atoms. The van der Waals surface area contributed by atoms with E-state index in [9.17, 15) is 42.3 Å². The summed E-state index contributed by atoms with van der Waals surface area (Å²) in [6.07, 6.45) is 3.36. The highest BCUT2D eigenvalue weighted by atomic mass is 19.4. The summed E-state index contributed by atoms with van der Waals surface area (Å²) in [6, 6.07) is 9.93. The molecule has 1 aliphatic heterocycles. The Kier molecular flexibility index (Phi) is 12.2. The maximum atomic E-state index is 14.9. The molecule has 2 aromatic carbocycles. The molecule has 6 rings (SSSR count). The molecule has 302 valence electrons. The zero-order chi connectivity index (χ0) is 40.3. The first-order valence-electron chi connectivity index (χ1n) is 19.5. The van der Waals surface area contributed by atoms with Crippen LogP contribution in [-0.4, -0.2) is 91.3 Å². The molecular weight excluding hydrogens is 731 g/mol. The second kappa shape index (κ2) is 16.7. The number of ketones is 1. The van der Waals surface area contributed by atoms with Crippen LogP contribution in [0.5, 0.6) is 0 Å². The summed E-state index contributed by atoms with van der Waals surface area (Å²) < 4.78 is 40.4. The van der Waals surface area contributed by atoms with Crippen LogP contribution in [0.4, 0.5) is 13.2 Å². The normalized spacial score (nSPS) is 21.0. The highest BCUT2D eigenvalue weighted by Gasteiger charge is 2.50. The van der Waals surface area contributed by atoms with Gasteiger partial charge < -0.3 is 26.0 Å². The number of likely N-dealkylation sites (tertiary alicyclic amines) is 1. The van der Waals surface area contributed by atoms with Crippen molar-refractivity contribution in [1.82, 2.24) is 35.8 Å². The van der Waals surface area contributed by atoms with Crippen molar-refractivity contribution in [3.8, 4) is 0 Å². The van der Waals surface area contributed by atoms with Crippen molar-refractivity contribution < 1.29 is 42.3 Å². The standard InChI is InChI=1S/C40H50F3N7O6/c1-38(2,56)32-22-45-48-50(32)29-21-31(35(53)47-39(17-9-4-10-18-39)33(51)36(54)44-24-40(41,42)43)49(23-29)37(55)30(19-25-11-5-3-6-12-25)46-34(52)28-16-15-26-13-7-8-14-27(26)20-28/h7-8,13-16,20,22,25,29-31,56H,3-6,9-12,17-19,21,23-24H2,1-2H3,(H,44,54)(H,46,52)(H,47,53)/t29-,30+,31-/m0/s1. The van der Waals surface area contributed by atoms with Gasteiger partial charge in [0.1, 0.15) is 29.8 Å². The molecule has 3 fully saturated rings. The Morgan fingerprint density at radius 1 is 0.946 bits per heavy atom. The molecule has 2 heterocycles. The van der Waals surface area contributed by atoms with Crippen LogP contribution >= 0.6 is 0 Å². The SMILES string of the molecule is CC(C)(O)c1cnnn1[C@H]1C[C@@H](C(=O)NC2(C(=O)C(=O)NCC(F)(F)F)CCCCC2)N(C(=O)[C@@H](CC2CCCCC2)NC(=O)c2ccc3ccccc3c2)C1. The smallest absolute Gasteiger partial charge is 0.384 e. The van der Waals surface area contributed by atoms with Gasteiger partial charge in [-0.25, -0.2) is 4.68 Å². The molecule has 0 unspecified atom stereocenters. The lowest BCUT2D eigenvalue weighted by Gasteiger charge is -2.38. The number of amides is 4. The molecule has 2 aliphatic carbocycles. The van der Waals surface area contributed by atoms with Gasteiger partial charge in [0.05, 0.1) is 17.9 Å². The van der Waals surface area contributed by atoms with Gasteiger partial charge in [-0.05, 0) is 61.9 Å². The average Bonchev–Trinajstić information content (AvgIpc) is 3.85. The third-order valence-corrected chi connectivity index (χ3v) is 11.5. The van der Waals surface area contributed by atoms with Crippen molar-refractivity contribution in [2.75, 3.05) is 13.1 Å². The summed E-state index contributed by atoms with van der Waals surface area (Å²) in [6.45, 7) is 1.33. The fourth-order valence-corrected chi connectivity index (χ4v) is 8.55. The van der Waals surface area contributed by atoms with E-state index in [0.29, 0.717) is 36.9 Å². The second-order valence-corrected chi connectivity index (χ2v) is 16.1. The molecule has 0 radical (unpaired) electrons. The maximum Gasteiger partial charge on any atom is 0.405 e. The van der Waals surface area contributed by atoms with Gasteiger partial charge in [0.15, 0.2) is 0 Å². The Labute approximate surface area is 323 Å². The molecule has 3 aromatic rings. The number of fused-ring (bicyclic) bond motifs is 1. The predicted molar refractivity (Wildman–Crippen MR) is 199 cm³/mol. The number of Topliss-reactive ketones (excluding diaryl/α,β-unsaturated/α-hetero) is 1. The lowest BCUT2D eigenvalue weighted by Crippen LogP contribution is -2.63. The first kappa shape index (κ1) is 40.8. The minimum absolute atomic E-state index is 0.0245. The van der Waals surface area contributed by atoms with Gasteiger partial charge in [0.2, 0.25) is 17.6 Å². The van der Waals surface area contributed by atoms with Gasteiger partial charge in [0, 0.05) is 18.5 Å². The van der Waals surface area contributed by atoms with E-state index in [0.717, 1.165) is 42.9 Å². The van der Waals surface area contributed by atoms with E-state index in [4.69, 9.17) is 0 Å². The van der Waals surface area contributed by atoms with Gasteiger partial charge >= 0.3 is 6.18 Å². The van der Waals surface area contributed by atoms with E-state index in [-0.39, 0.29) is 31.7 Å². The lowest BCUT2D eigenvalue weighted by atomic mass is 9.77. The summed E-state index contributed by atoms with van der Waals surface area (Å²) in [4.78, 5) is 71.1. The van der Waals surface area contributed by atoms with Crippen LogP contribution < -0.4 is 16.0 Å². The number of alkyl halides is 3. The lowest BCUT2D eigenvalue weighted by molar-refractivity contribution is -0.150. The Morgan fingerprint density at radius 3 is 2.30 bits per heavy atom. The molecule has 1 aromatic heterocycles. The van der Waals surface area contributed by atoms with E-state index < -0.39 is 71.4 Å². The largest absolute Gasteiger partial charge is 0.405 e. The number of nitrogens with zero attached hydrogens (tertiary/aromatic N) is 4. The maximum absolute atomic E-state index is 14.9. The van der Waals surface area contributed by atoms with E-state index in [1.54, 1.807) is 31.3 Å². The molecule has 4 N–H and O–H groups in total. The van der Waals surface area contributed by atoms with Gasteiger partial charge in [-0.3, -0.25) is 24.0 Å². The summed E-state index contributed by atoms with van der Waals surface area (Å²) in [7, 11) is 0. The molecule has 2 saturated carbocycles. The number of nitrogens with one attached hydrogen (secondary N) is 3. The van der Waals surface area contributed by atoms with Crippen LogP contribution in [0.25, 0.3) is 10.8 Å². The molecule has 13 nitrogen and oxygen atoms in total. The third kappa shape index (κ3) is 9.39. The molecule has 3 atom stereocenters. The number of benzene rings is 2. The number of rotatable bonds is 12. The van der Waals surface area contributed by atoms with E-state index in [1.807, 2.05) is 30.3 Å². The van der Waals surface area contributed by atoms with Crippen LogP contribution in [-0.2, 0) is 24.8 Å². The molecule has 1 saturated heterocycles. The first-order valence-corrected chi connectivity index (χ1v) is 19.5. The topological polar surface area (TPSA) is 176 Å². The number of hydrogen-bond donors (Lipinski definition) is 4. The van der Waals surface area contributed by atoms with E-state index >= 15 is 0 Å². The molecule has 56 heavy (non-hydrogen) atoms. The fraction of sp³-hybridized carbons (Fsp3) is 0.575. The van der Waals surface area contributed by atoms with Gasteiger partial charge in [-0.2, -0.15) is 13.2 Å². The van der Waals surface area contributed by atoms with Crippen LogP contribution in [0.2, 0.25) is 0 Å². The van der Waals surface area contributed by atoms with Crippen LogP contribution in [0.1, 0.15) is 113 Å². The van der Waals surface area contributed by atoms with E-state index in [1.165, 1.54) is 15.8 Å². The molecule has 16 heteroatoms. The first-order chi connectivity index (χ1) is 26.5. The summed E-state index contributed by atoms with van der Waals surface area (Å²) in [5, 5.41) is 28.3. The number of carbonyl (C=O) groups is 5. The van der Waals surface area contributed by atoms with Crippen molar-refractivity contribution >= 4 is 40.2 Å². The summed E-state index contributed by atoms with van der Waals surface area (Å²) in [5.74, 6) is -4.25. The Hall–Kier alpha value is -4.86. The third-order valence-electron chi connectivity index (χ3n) is 11.5.